The molecule has 74 valence electrons. The second-order valence-electron chi connectivity index (χ2n) is 2.48. The molecule has 13 heavy (non-hydrogen) atoms. The van der Waals surface area contributed by atoms with Crippen molar-refractivity contribution in [2.45, 2.75) is 18.4 Å². The monoisotopic (exact) mass is 196 g/mol. The maximum Gasteiger partial charge on any atom is 0.336 e. The molecule has 0 aromatic rings. The van der Waals surface area contributed by atoms with E-state index in [0.29, 0.717) is 0 Å². The normalized spacial score (nSPS) is 14.5. The van der Waals surface area contributed by atoms with Gasteiger partial charge in [-0.15, -0.1) is 0 Å². The summed E-state index contributed by atoms with van der Waals surface area (Å²) < 4.78 is 0. The van der Waals surface area contributed by atoms with E-state index in [1.807, 2.05) is 0 Å². The average molecular weight is 196 g/mol. The summed E-state index contributed by atoms with van der Waals surface area (Å²) in [6.07, 6.45) is -2.29. The third-order valence-corrected chi connectivity index (χ3v) is 1.29. The SMILES string of the molecule is O=C(O)[13CH2][13C](O)([13CH2][13C](=O)O)C(=O)O. The molecule has 0 radical (unpaired) electrons. The van der Waals surface area contributed by atoms with Gasteiger partial charge in [0.1, 0.15) is 0 Å². The van der Waals surface area contributed by atoms with Crippen LogP contribution in [0.15, 0.2) is 0 Å². The van der Waals surface area contributed by atoms with Crippen molar-refractivity contribution < 1.29 is 34.8 Å². The number of aliphatic hydroxyl groups is 1. The first kappa shape index (κ1) is 11.4. The van der Waals surface area contributed by atoms with Crippen molar-refractivity contribution >= 4 is 17.9 Å². The summed E-state index contributed by atoms with van der Waals surface area (Å²) in [6.45, 7) is 0. The molecule has 4 N–H and O–H groups in total. The van der Waals surface area contributed by atoms with E-state index in [2.05, 4.69) is 0 Å². The lowest BCUT2D eigenvalue weighted by molar-refractivity contribution is -0.170. The van der Waals surface area contributed by atoms with Gasteiger partial charge >= 0.3 is 17.9 Å². The summed E-state index contributed by atoms with van der Waals surface area (Å²) >= 11 is 0. The van der Waals surface area contributed by atoms with Crippen LogP contribution in [-0.2, 0) is 14.4 Å². The Morgan fingerprint density at radius 2 is 1.23 bits per heavy atom. The van der Waals surface area contributed by atoms with Crippen LogP contribution in [-0.4, -0.2) is 43.9 Å². The highest BCUT2D eigenvalue weighted by Crippen LogP contribution is 2.15. The van der Waals surface area contributed by atoms with Crippen molar-refractivity contribution in [1.29, 1.82) is 0 Å². The van der Waals surface area contributed by atoms with Crippen molar-refractivity contribution in [1.82, 2.24) is 0 Å². The van der Waals surface area contributed by atoms with Crippen LogP contribution in [0.5, 0.6) is 0 Å². The van der Waals surface area contributed by atoms with Crippen LogP contribution in [0.1, 0.15) is 12.8 Å². The lowest BCUT2D eigenvalue weighted by Crippen LogP contribution is -2.42. The van der Waals surface area contributed by atoms with Gasteiger partial charge in [0.25, 0.3) is 0 Å². The lowest BCUT2D eigenvalue weighted by atomic mass is 10.7. The predicted octanol–water partition coefficient (Wildman–Crippen LogP) is -1.25. The Balaban J connectivity index is 4.62. The van der Waals surface area contributed by atoms with E-state index in [1.54, 1.807) is 0 Å². The molecular formula is C6H8O7. The highest BCUT2D eigenvalue weighted by Gasteiger charge is 2.40. The molecule has 0 aliphatic carbocycles. The van der Waals surface area contributed by atoms with Crippen LogP contribution in [0.4, 0.5) is 0 Å². The molecule has 1 atom stereocenters. The summed E-state index contributed by atoms with van der Waals surface area (Å²) in [5.74, 6) is -5.02. The van der Waals surface area contributed by atoms with E-state index in [-0.39, 0.29) is 0 Å². The van der Waals surface area contributed by atoms with Crippen LogP contribution < -0.4 is 0 Å². The third-order valence-electron chi connectivity index (χ3n) is 1.29. The number of rotatable bonds is 5. The Bertz CT molecular complexity index is 227. The lowest BCUT2D eigenvalue weighted by Gasteiger charge is -2.18. The van der Waals surface area contributed by atoms with Gasteiger partial charge in [0.05, 0.1) is 12.8 Å². The summed E-state index contributed by atoms with van der Waals surface area (Å²) in [5, 5.41) is 33.8. The second kappa shape index (κ2) is 3.85. The summed E-state index contributed by atoms with van der Waals surface area (Å²) in [6, 6.07) is 0. The van der Waals surface area contributed by atoms with Crippen LogP contribution in [0.2, 0.25) is 0 Å². The molecule has 0 amide bonds. The molecule has 0 heterocycles. The molecule has 0 saturated carbocycles. The second-order valence-corrected chi connectivity index (χ2v) is 2.48. The van der Waals surface area contributed by atoms with E-state index in [0.717, 1.165) is 0 Å². The fraction of sp³-hybridized carbons (Fsp3) is 0.500. The van der Waals surface area contributed by atoms with Crippen molar-refractivity contribution in [3.05, 3.63) is 0 Å². The first-order valence-electron chi connectivity index (χ1n) is 3.17. The van der Waals surface area contributed by atoms with Crippen molar-refractivity contribution in [3.8, 4) is 0 Å². The number of carboxylic acid groups (broad SMARTS) is 3. The number of hydrogen-bond donors (Lipinski definition) is 4. The standard InChI is InChI=1S/C6H8O7/c7-3(8)1-6(13,5(11)12)2-4(9)10/h13H,1-2H2,(H,7,8)(H,9,10)(H,11,12)/i1+1,2+1,3+1,6+1. The number of carbonyl (C=O) groups is 3. The van der Waals surface area contributed by atoms with Crippen LogP contribution in [0.25, 0.3) is 0 Å². The summed E-state index contributed by atoms with van der Waals surface area (Å²) in [4.78, 5) is 30.5. The fourth-order valence-electron chi connectivity index (χ4n) is 0.714. The Hall–Kier alpha value is -1.63. The molecule has 0 aliphatic rings. The summed E-state index contributed by atoms with van der Waals surface area (Å²) in [5.41, 5.74) is -2.74. The summed E-state index contributed by atoms with van der Waals surface area (Å²) in [7, 11) is 0. The molecule has 0 saturated heterocycles. The predicted molar refractivity (Wildman–Crippen MR) is 37.1 cm³/mol. The van der Waals surface area contributed by atoms with Crippen molar-refractivity contribution in [2.24, 2.45) is 0 Å². The minimum atomic E-state index is -2.74. The highest BCUT2D eigenvalue weighted by molar-refractivity contribution is 5.88. The molecule has 7 nitrogen and oxygen atoms in total. The van der Waals surface area contributed by atoms with E-state index in [9.17, 15) is 14.4 Å². The van der Waals surface area contributed by atoms with Gasteiger partial charge in [-0.05, 0) is 0 Å². The molecule has 0 rings (SSSR count). The fourth-order valence-corrected chi connectivity index (χ4v) is 0.714. The van der Waals surface area contributed by atoms with Gasteiger partial charge < -0.3 is 20.4 Å². The first-order valence-corrected chi connectivity index (χ1v) is 3.17. The zero-order valence-electron chi connectivity index (χ0n) is 6.43. The van der Waals surface area contributed by atoms with Gasteiger partial charge in [-0.2, -0.15) is 0 Å². The molecular weight excluding hydrogens is 188 g/mol. The largest absolute Gasteiger partial charge is 0.481 e. The minimum absolute atomic E-state index is 1.14. The van der Waals surface area contributed by atoms with Crippen LogP contribution >= 0.6 is 0 Å². The quantitative estimate of drug-likeness (QED) is 0.404. The Labute approximate surface area is 72.2 Å². The van der Waals surface area contributed by atoms with E-state index < -0.39 is 36.4 Å². The van der Waals surface area contributed by atoms with Crippen molar-refractivity contribution in [2.75, 3.05) is 0 Å². The van der Waals surface area contributed by atoms with Crippen LogP contribution in [0.3, 0.4) is 0 Å². The van der Waals surface area contributed by atoms with E-state index >= 15 is 0 Å². The smallest absolute Gasteiger partial charge is 0.336 e. The molecule has 0 spiro atoms. The number of carboxylic acids is 3. The van der Waals surface area contributed by atoms with Gasteiger partial charge in [-0.25, -0.2) is 4.79 Å². The zero-order chi connectivity index (χ0) is 10.6. The van der Waals surface area contributed by atoms with Gasteiger partial charge in [-0.1, -0.05) is 0 Å². The molecule has 7 heteroatoms. The molecule has 0 fully saturated rings. The average Bonchev–Trinajstić information content (AvgIpc) is 1.82. The topological polar surface area (TPSA) is 132 Å². The third kappa shape index (κ3) is 3.52. The Kier molecular flexibility index (Phi) is 3.37. The Morgan fingerprint density at radius 3 is 1.38 bits per heavy atom. The van der Waals surface area contributed by atoms with Crippen LogP contribution in [0, 0.1) is 0 Å². The number of hydrogen-bond acceptors (Lipinski definition) is 4. The maximum atomic E-state index is 10.3. The minimum Gasteiger partial charge on any atom is -0.481 e. The molecule has 0 aromatic carbocycles. The molecule has 0 aromatic heterocycles. The van der Waals surface area contributed by atoms with E-state index in [1.165, 1.54) is 0 Å². The van der Waals surface area contributed by atoms with Gasteiger partial charge in [-0.3, -0.25) is 9.59 Å². The molecule has 0 aliphatic heterocycles. The first-order chi connectivity index (χ1) is 5.78. The number of aliphatic carboxylic acids is 3. The highest BCUT2D eigenvalue weighted by atomic mass is 16.5. The molecule has 0 bridgehead atoms. The van der Waals surface area contributed by atoms with Crippen molar-refractivity contribution in [3.63, 3.8) is 0 Å². The van der Waals surface area contributed by atoms with Gasteiger partial charge in [0.2, 0.25) is 0 Å². The van der Waals surface area contributed by atoms with Gasteiger partial charge in [0.15, 0.2) is 5.60 Å². The van der Waals surface area contributed by atoms with E-state index in [4.69, 9.17) is 20.4 Å². The Morgan fingerprint density at radius 1 is 0.923 bits per heavy atom. The zero-order valence-corrected chi connectivity index (χ0v) is 6.43. The van der Waals surface area contributed by atoms with Gasteiger partial charge in [0, 0.05) is 0 Å². The maximum absolute atomic E-state index is 10.3. The molecule has 1 unspecified atom stereocenters.